The van der Waals surface area contributed by atoms with E-state index in [1.165, 1.54) is 42.9 Å². The van der Waals surface area contributed by atoms with Crippen molar-refractivity contribution in [2.24, 2.45) is 0 Å². The Labute approximate surface area is 164 Å². The summed E-state index contributed by atoms with van der Waals surface area (Å²) < 4.78 is 85.8. The number of sulfonamides is 1. The Morgan fingerprint density at radius 1 is 1.18 bits per heavy atom. The quantitative estimate of drug-likeness (QED) is 0.576. The van der Waals surface area contributed by atoms with E-state index >= 15 is 0 Å². The smallest absolute Gasteiger partial charge is 0.380 e. The van der Waals surface area contributed by atoms with Crippen molar-refractivity contribution in [2.45, 2.75) is 17.6 Å². The molecule has 2 aromatic carbocycles. The fourth-order valence-corrected chi connectivity index (χ4v) is 3.18. The second-order valence-electron chi connectivity index (χ2n) is 5.83. The van der Waals surface area contributed by atoms with Crippen LogP contribution in [0.4, 0.5) is 18.9 Å². The van der Waals surface area contributed by atoms with Crippen molar-refractivity contribution in [2.75, 3.05) is 12.3 Å². The minimum atomic E-state index is -4.43. The molecule has 0 atom stereocenters. The summed E-state index contributed by atoms with van der Waals surface area (Å²) in [4.78, 5) is 6.47. The summed E-state index contributed by atoms with van der Waals surface area (Å²) in [5.41, 5.74) is 1.13. The molecule has 0 radical (unpaired) electrons. The molecule has 6 nitrogen and oxygen atoms in total. The minimum absolute atomic E-state index is 0.166. The fraction of sp³-hybridized carbons (Fsp3) is 0.167. The normalized spacial score (nSPS) is 14.2. The molecule has 10 heteroatoms. The summed E-state index contributed by atoms with van der Waals surface area (Å²) in [6.45, 7) is -2.73. The number of aromatic nitrogens is 2. The van der Waals surface area contributed by atoms with Gasteiger partial charge in [0.1, 0.15) is 0 Å². The number of imidazole rings is 1. The second-order valence-corrected chi connectivity index (χ2v) is 7.51. The van der Waals surface area contributed by atoms with Crippen molar-refractivity contribution in [3.8, 4) is 11.3 Å². The first-order valence-corrected chi connectivity index (χ1v) is 9.40. The van der Waals surface area contributed by atoms with E-state index < -0.39 is 28.7 Å². The topological polar surface area (TPSA) is 86.9 Å². The van der Waals surface area contributed by atoms with Gasteiger partial charge in [-0.3, -0.25) is 0 Å². The van der Waals surface area contributed by atoms with Gasteiger partial charge in [-0.15, -0.1) is 0 Å². The van der Waals surface area contributed by atoms with Crippen molar-refractivity contribution in [1.82, 2.24) is 14.7 Å². The van der Waals surface area contributed by atoms with Crippen molar-refractivity contribution >= 4 is 15.7 Å². The first-order valence-electron chi connectivity index (χ1n) is 9.42. The van der Waals surface area contributed by atoms with Crippen molar-refractivity contribution in [3.63, 3.8) is 0 Å². The number of hydrogen-bond donors (Lipinski definition) is 3. The Hall–Kier alpha value is -2.85. The molecule has 3 aromatic rings. The van der Waals surface area contributed by atoms with E-state index in [9.17, 15) is 21.6 Å². The lowest BCUT2D eigenvalue weighted by atomic mass is 10.1. The number of rotatable bonds is 6. The standard InChI is InChI=1S/C18H17F3N4O2S/c1-22-28(26,27)14-6-7-16(15(8-14)17-10-23-11-25-17)24-9-12-2-4-13(5-3-12)18(19,20)21/h2-8,10-11,22,24H,9H2,1H3,(H,23,25)/i1D3. The van der Waals surface area contributed by atoms with Crippen LogP contribution in [0.1, 0.15) is 15.2 Å². The van der Waals surface area contributed by atoms with Gasteiger partial charge in [0.15, 0.2) is 0 Å². The Kier molecular flexibility index (Phi) is 4.40. The van der Waals surface area contributed by atoms with Gasteiger partial charge in [0.25, 0.3) is 0 Å². The zero-order valence-electron chi connectivity index (χ0n) is 17.2. The minimum Gasteiger partial charge on any atom is -0.380 e. The number of nitrogens with zero attached hydrogens (tertiary/aromatic N) is 1. The molecule has 3 N–H and O–H groups in total. The maximum Gasteiger partial charge on any atom is 0.416 e. The molecule has 0 saturated carbocycles. The summed E-state index contributed by atoms with van der Waals surface area (Å²) >= 11 is 0. The van der Waals surface area contributed by atoms with Crippen LogP contribution in [0.5, 0.6) is 0 Å². The predicted molar refractivity (Wildman–Crippen MR) is 99.0 cm³/mol. The highest BCUT2D eigenvalue weighted by atomic mass is 32.2. The van der Waals surface area contributed by atoms with Crippen LogP contribution in [0.3, 0.4) is 0 Å². The number of hydrogen-bond acceptors (Lipinski definition) is 4. The Bertz CT molecular complexity index is 1150. The largest absolute Gasteiger partial charge is 0.416 e. The molecule has 0 aliphatic rings. The molecule has 0 aliphatic carbocycles. The van der Waals surface area contributed by atoms with E-state index in [0.29, 0.717) is 22.5 Å². The third-order valence-electron chi connectivity index (χ3n) is 3.99. The first kappa shape index (κ1) is 16.1. The lowest BCUT2D eigenvalue weighted by Gasteiger charge is -2.14. The van der Waals surface area contributed by atoms with Crippen LogP contribution in [0.15, 0.2) is 59.9 Å². The lowest BCUT2D eigenvalue weighted by Crippen LogP contribution is -2.18. The van der Waals surface area contributed by atoms with Gasteiger partial charge in [-0.2, -0.15) is 13.2 Å². The van der Waals surface area contributed by atoms with Crippen molar-refractivity contribution < 1.29 is 25.7 Å². The molecule has 1 aromatic heterocycles. The summed E-state index contributed by atoms with van der Waals surface area (Å²) in [7, 11) is -4.32. The van der Waals surface area contributed by atoms with E-state index in [4.69, 9.17) is 4.11 Å². The van der Waals surface area contributed by atoms with Gasteiger partial charge in [0.05, 0.1) is 28.7 Å². The maximum absolute atomic E-state index is 12.7. The molecule has 0 unspecified atom stereocenters. The van der Waals surface area contributed by atoms with E-state index in [1.807, 2.05) is 0 Å². The Balaban J connectivity index is 1.88. The monoisotopic (exact) mass is 413 g/mol. The molecule has 148 valence electrons. The molecule has 28 heavy (non-hydrogen) atoms. The van der Waals surface area contributed by atoms with Gasteiger partial charge in [-0.25, -0.2) is 18.1 Å². The molecule has 0 fully saturated rings. The second kappa shape index (κ2) is 7.64. The molecular formula is C18H17F3N4O2S. The van der Waals surface area contributed by atoms with Gasteiger partial charge in [-0.05, 0) is 42.9 Å². The number of halogens is 3. The lowest BCUT2D eigenvalue weighted by molar-refractivity contribution is -0.137. The average molecular weight is 413 g/mol. The van der Waals surface area contributed by atoms with Crippen LogP contribution in [-0.4, -0.2) is 25.4 Å². The Morgan fingerprint density at radius 3 is 2.54 bits per heavy atom. The molecule has 0 saturated heterocycles. The highest BCUT2D eigenvalue weighted by Crippen LogP contribution is 2.31. The molecule has 0 bridgehead atoms. The fourth-order valence-electron chi connectivity index (χ4n) is 2.54. The molecular weight excluding hydrogens is 393 g/mol. The summed E-state index contributed by atoms with van der Waals surface area (Å²) in [5, 5.41) is 3.05. The van der Waals surface area contributed by atoms with Gasteiger partial charge in [0, 0.05) is 21.9 Å². The molecule has 3 rings (SSSR count). The number of nitrogens with one attached hydrogen (secondary N) is 3. The third-order valence-corrected chi connectivity index (χ3v) is 5.13. The maximum atomic E-state index is 12.7. The van der Waals surface area contributed by atoms with Crippen LogP contribution in [-0.2, 0) is 22.7 Å². The van der Waals surface area contributed by atoms with E-state index in [0.717, 1.165) is 12.1 Å². The van der Waals surface area contributed by atoms with Crippen LogP contribution in [0.25, 0.3) is 11.3 Å². The summed E-state index contributed by atoms with van der Waals surface area (Å²) in [5.74, 6) is 0. The molecule has 0 aliphatic heterocycles. The SMILES string of the molecule is [2H]C([2H])([2H])NS(=O)(=O)c1ccc(NCc2ccc(C(F)(F)F)cc2)c(-c2cnc[nH]2)c1. The molecule has 0 spiro atoms. The number of benzene rings is 2. The number of alkyl halides is 3. The molecule has 1 heterocycles. The van der Waals surface area contributed by atoms with Crippen molar-refractivity contribution in [3.05, 3.63) is 66.1 Å². The predicted octanol–water partition coefficient (Wildman–Crippen LogP) is 3.62. The summed E-state index contributed by atoms with van der Waals surface area (Å²) in [6.07, 6.45) is -1.59. The Morgan fingerprint density at radius 2 is 1.93 bits per heavy atom. The van der Waals surface area contributed by atoms with Gasteiger partial charge in [0.2, 0.25) is 10.0 Å². The highest BCUT2D eigenvalue weighted by Gasteiger charge is 2.29. The van der Waals surface area contributed by atoms with Gasteiger partial charge < -0.3 is 10.3 Å². The zero-order valence-corrected chi connectivity index (χ0v) is 15.0. The third kappa shape index (κ3) is 4.34. The summed E-state index contributed by atoms with van der Waals surface area (Å²) in [6, 6.07) is 8.57. The van der Waals surface area contributed by atoms with E-state index in [1.54, 1.807) is 4.72 Å². The molecule has 0 amide bonds. The van der Waals surface area contributed by atoms with E-state index in [2.05, 4.69) is 15.3 Å². The van der Waals surface area contributed by atoms with Crippen LogP contribution in [0.2, 0.25) is 0 Å². The number of anilines is 1. The highest BCUT2D eigenvalue weighted by molar-refractivity contribution is 7.89. The number of H-pyrrole nitrogens is 1. The van der Waals surface area contributed by atoms with Crippen LogP contribution < -0.4 is 10.0 Å². The van der Waals surface area contributed by atoms with Gasteiger partial charge >= 0.3 is 6.18 Å². The van der Waals surface area contributed by atoms with Crippen molar-refractivity contribution in [1.29, 1.82) is 0 Å². The number of aromatic amines is 1. The van der Waals surface area contributed by atoms with Gasteiger partial charge in [-0.1, -0.05) is 12.1 Å². The zero-order chi connectivity index (χ0) is 22.9. The first-order chi connectivity index (χ1) is 14.4. The average Bonchev–Trinajstić information content (AvgIpc) is 3.18. The van der Waals surface area contributed by atoms with Crippen LogP contribution in [0, 0.1) is 0 Å². The van der Waals surface area contributed by atoms with Crippen LogP contribution >= 0.6 is 0 Å². The van der Waals surface area contributed by atoms with E-state index in [-0.39, 0.29) is 11.4 Å².